The Morgan fingerprint density at radius 3 is 3.00 bits per heavy atom. The van der Waals surface area contributed by atoms with Crippen LogP contribution < -0.4 is 10.5 Å². The average molecular weight is 242 g/mol. The predicted molar refractivity (Wildman–Crippen MR) is 69.2 cm³/mol. The van der Waals surface area contributed by atoms with Crippen LogP contribution in [-0.4, -0.2) is 17.1 Å². The molecule has 0 saturated heterocycles. The lowest BCUT2D eigenvalue weighted by atomic mass is 9.85. The number of fused-ring (bicyclic) bond motifs is 2. The molecule has 1 aliphatic heterocycles. The van der Waals surface area contributed by atoms with E-state index in [9.17, 15) is 4.79 Å². The molecule has 0 spiro atoms. The van der Waals surface area contributed by atoms with Crippen molar-refractivity contribution in [1.82, 2.24) is 0 Å². The van der Waals surface area contributed by atoms with Crippen LogP contribution in [0.2, 0.25) is 0 Å². The standard InChI is InChI=1S/C14H14N2O2/c1-8-4-3-5-10-13(8)18-14(2)7-11(17)9(15)6-12(14)16-10/h3-6H,7,15H2,1-2H3/t14-/m1/s1. The van der Waals surface area contributed by atoms with Crippen molar-refractivity contribution in [2.75, 3.05) is 0 Å². The number of para-hydroxylation sites is 1. The molecule has 2 aliphatic rings. The minimum absolute atomic E-state index is 0.0894. The van der Waals surface area contributed by atoms with Gasteiger partial charge < -0.3 is 10.5 Å². The normalized spacial score (nSPS) is 25.6. The molecule has 0 fully saturated rings. The first kappa shape index (κ1) is 11.0. The summed E-state index contributed by atoms with van der Waals surface area (Å²) in [4.78, 5) is 16.3. The number of nitrogens with zero attached hydrogens (tertiary/aromatic N) is 1. The molecule has 0 unspecified atom stereocenters. The summed E-state index contributed by atoms with van der Waals surface area (Å²) in [5.41, 5.74) is 7.76. The summed E-state index contributed by atoms with van der Waals surface area (Å²) in [6, 6.07) is 5.80. The van der Waals surface area contributed by atoms with Gasteiger partial charge in [0.25, 0.3) is 0 Å². The van der Waals surface area contributed by atoms with Crippen molar-refractivity contribution in [1.29, 1.82) is 0 Å². The molecule has 0 aromatic heterocycles. The van der Waals surface area contributed by atoms with E-state index < -0.39 is 5.60 Å². The molecule has 0 amide bonds. The number of ketones is 1. The van der Waals surface area contributed by atoms with Gasteiger partial charge in [0.1, 0.15) is 11.4 Å². The maximum Gasteiger partial charge on any atom is 0.182 e. The number of hydrogen-bond acceptors (Lipinski definition) is 4. The number of aryl methyl sites for hydroxylation is 1. The Labute approximate surface area is 105 Å². The van der Waals surface area contributed by atoms with Gasteiger partial charge in [0, 0.05) is 0 Å². The van der Waals surface area contributed by atoms with Gasteiger partial charge in [-0.05, 0) is 31.6 Å². The molecule has 4 heteroatoms. The maximum atomic E-state index is 11.7. The summed E-state index contributed by atoms with van der Waals surface area (Å²) >= 11 is 0. The van der Waals surface area contributed by atoms with Gasteiger partial charge in [-0.25, -0.2) is 4.99 Å². The van der Waals surface area contributed by atoms with Gasteiger partial charge >= 0.3 is 0 Å². The van der Waals surface area contributed by atoms with E-state index in [0.29, 0.717) is 0 Å². The quantitative estimate of drug-likeness (QED) is 0.757. The van der Waals surface area contributed by atoms with E-state index >= 15 is 0 Å². The van der Waals surface area contributed by atoms with Crippen LogP contribution in [0, 0.1) is 6.92 Å². The molecule has 1 aromatic rings. The molecule has 0 saturated carbocycles. The zero-order chi connectivity index (χ0) is 12.9. The Hall–Kier alpha value is -2.10. The van der Waals surface area contributed by atoms with E-state index in [4.69, 9.17) is 10.5 Å². The van der Waals surface area contributed by atoms with Crippen LogP contribution in [0.4, 0.5) is 5.69 Å². The lowest BCUT2D eigenvalue weighted by Crippen LogP contribution is -2.48. The van der Waals surface area contributed by atoms with E-state index in [1.165, 1.54) is 0 Å². The SMILES string of the molecule is Cc1cccc2c1O[C@]1(C)CC(=O)C(N)=CC1=N2. The van der Waals surface area contributed by atoms with E-state index in [1.54, 1.807) is 6.08 Å². The zero-order valence-electron chi connectivity index (χ0n) is 10.4. The molecule has 1 heterocycles. The molecule has 1 aliphatic carbocycles. The summed E-state index contributed by atoms with van der Waals surface area (Å²) in [5.74, 6) is 0.666. The summed E-state index contributed by atoms with van der Waals surface area (Å²) in [5, 5.41) is 0. The van der Waals surface area contributed by atoms with Gasteiger partial charge in [-0.2, -0.15) is 0 Å². The fourth-order valence-corrected chi connectivity index (χ4v) is 2.33. The molecule has 4 nitrogen and oxygen atoms in total. The lowest BCUT2D eigenvalue weighted by Gasteiger charge is -2.37. The molecule has 1 aromatic carbocycles. The first-order valence-electron chi connectivity index (χ1n) is 5.88. The smallest absolute Gasteiger partial charge is 0.182 e. The summed E-state index contributed by atoms with van der Waals surface area (Å²) in [6.07, 6.45) is 1.86. The Kier molecular flexibility index (Phi) is 2.11. The van der Waals surface area contributed by atoms with Crippen LogP contribution >= 0.6 is 0 Å². The van der Waals surface area contributed by atoms with Gasteiger partial charge in [0.05, 0.1) is 17.8 Å². The second kappa shape index (κ2) is 3.45. The molecule has 3 rings (SSSR count). The van der Waals surface area contributed by atoms with Crippen LogP contribution in [-0.2, 0) is 4.79 Å². The minimum atomic E-state index is -0.695. The molecular weight excluding hydrogens is 228 g/mol. The number of hydrogen-bond donors (Lipinski definition) is 1. The van der Waals surface area contributed by atoms with Gasteiger partial charge in [-0.1, -0.05) is 12.1 Å². The average Bonchev–Trinajstić information content (AvgIpc) is 2.30. The third-order valence-corrected chi connectivity index (χ3v) is 3.41. The topological polar surface area (TPSA) is 64.7 Å². The van der Waals surface area contributed by atoms with E-state index in [2.05, 4.69) is 4.99 Å². The van der Waals surface area contributed by atoms with Crippen molar-refractivity contribution in [3.8, 4) is 5.75 Å². The van der Waals surface area contributed by atoms with Crippen LogP contribution in [0.25, 0.3) is 0 Å². The summed E-state index contributed by atoms with van der Waals surface area (Å²) in [7, 11) is 0. The molecule has 0 radical (unpaired) electrons. The summed E-state index contributed by atoms with van der Waals surface area (Å²) < 4.78 is 6.02. The van der Waals surface area contributed by atoms with Crippen molar-refractivity contribution in [2.45, 2.75) is 25.9 Å². The van der Waals surface area contributed by atoms with Crippen LogP contribution in [0.5, 0.6) is 5.75 Å². The number of aliphatic imine (C=N–C) groups is 1. The van der Waals surface area contributed by atoms with Gasteiger partial charge in [0.2, 0.25) is 0 Å². The van der Waals surface area contributed by atoms with Gasteiger partial charge in [-0.3, -0.25) is 4.79 Å². The van der Waals surface area contributed by atoms with E-state index in [-0.39, 0.29) is 17.9 Å². The number of carbonyl (C=O) groups is 1. The summed E-state index contributed by atoms with van der Waals surface area (Å²) in [6.45, 7) is 3.85. The fraction of sp³-hybridized carbons (Fsp3) is 0.286. The van der Waals surface area contributed by atoms with Gasteiger partial charge in [0.15, 0.2) is 11.4 Å². The van der Waals surface area contributed by atoms with Crippen LogP contribution in [0.1, 0.15) is 18.9 Å². The number of allylic oxidation sites excluding steroid dienone is 1. The van der Waals surface area contributed by atoms with Crippen LogP contribution in [0.3, 0.4) is 0 Å². The van der Waals surface area contributed by atoms with Crippen molar-refractivity contribution in [3.63, 3.8) is 0 Å². The minimum Gasteiger partial charge on any atom is -0.478 e. The van der Waals surface area contributed by atoms with Gasteiger partial charge in [-0.15, -0.1) is 0 Å². The van der Waals surface area contributed by atoms with Crippen LogP contribution in [0.15, 0.2) is 35.0 Å². The largest absolute Gasteiger partial charge is 0.478 e. The monoisotopic (exact) mass is 242 g/mol. The maximum absolute atomic E-state index is 11.7. The number of nitrogens with two attached hydrogens (primary N) is 1. The first-order valence-corrected chi connectivity index (χ1v) is 5.88. The number of rotatable bonds is 0. The highest BCUT2D eigenvalue weighted by atomic mass is 16.5. The Morgan fingerprint density at radius 2 is 2.22 bits per heavy atom. The number of ether oxygens (including phenoxy) is 1. The second-order valence-corrected chi connectivity index (χ2v) is 4.95. The fourth-order valence-electron chi connectivity index (χ4n) is 2.33. The molecular formula is C14H14N2O2. The highest BCUT2D eigenvalue weighted by Gasteiger charge is 2.42. The second-order valence-electron chi connectivity index (χ2n) is 4.95. The van der Waals surface area contributed by atoms with Crippen molar-refractivity contribution < 1.29 is 9.53 Å². The third kappa shape index (κ3) is 1.45. The molecule has 92 valence electrons. The molecule has 2 N–H and O–H groups in total. The highest BCUT2D eigenvalue weighted by Crippen LogP contribution is 2.41. The molecule has 1 atom stereocenters. The first-order chi connectivity index (χ1) is 8.49. The van der Waals surface area contributed by atoms with E-state index in [1.807, 2.05) is 32.0 Å². The molecule has 18 heavy (non-hydrogen) atoms. The Morgan fingerprint density at radius 1 is 1.44 bits per heavy atom. The van der Waals surface area contributed by atoms with Crippen molar-refractivity contribution >= 4 is 17.2 Å². The number of carbonyl (C=O) groups excluding carboxylic acids is 1. The number of Topliss-reactive ketones (excluding diaryl/α,β-unsaturated/α-hetero) is 1. The number of benzene rings is 1. The van der Waals surface area contributed by atoms with Crippen molar-refractivity contribution in [3.05, 3.63) is 35.5 Å². The Bertz CT molecular complexity index is 616. The van der Waals surface area contributed by atoms with E-state index in [0.717, 1.165) is 22.7 Å². The zero-order valence-corrected chi connectivity index (χ0v) is 10.4. The lowest BCUT2D eigenvalue weighted by molar-refractivity contribution is -0.118. The highest BCUT2D eigenvalue weighted by molar-refractivity contribution is 6.15. The predicted octanol–water partition coefficient (Wildman–Crippen LogP) is 2.03. The third-order valence-electron chi connectivity index (χ3n) is 3.41. The Balaban J connectivity index is 2.20. The van der Waals surface area contributed by atoms with Crippen molar-refractivity contribution in [2.24, 2.45) is 10.7 Å². The molecule has 0 bridgehead atoms.